The van der Waals surface area contributed by atoms with Crippen molar-refractivity contribution in [3.8, 4) is 0 Å². The number of aliphatic imine (C=N–C) groups is 1. The molecule has 1 heterocycles. The van der Waals surface area contributed by atoms with Gasteiger partial charge >= 0.3 is 5.63 Å². The molecule has 0 saturated heterocycles. The van der Waals surface area contributed by atoms with E-state index in [1.807, 2.05) is 18.2 Å². The molecule has 1 aromatic carbocycles. The second-order valence-electron chi connectivity index (χ2n) is 4.53. The summed E-state index contributed by atoms with van der Waals surface area (Å²) in [5.74, 6) is 0.583. The monoisotopic (exact) mass is 302 g/mol. The van der Waals surface area contributed by atoms with Crippen molar-refractivity contribution in [2.45, 2.75) is 19.1 Å². The molecular formula is C16H18N2O2S. The Balaban J connectivity index is 2.31. The van der Waals surface area contributed by atoms with E-state index in [1.165, 1.54) is 17.8 Å². The predicted octanol–water partition coefficient (Wildman–Crippen LogP) is 3.09. The summed E-state index contributed by atoms with van der Waals surface area (Å²) in [5, 5.41) is 1.43. The lowest BCUT2D eigenvalue weighted by molar-refractivity contribution is 0.559. The van der Waals surface area contributed by atoms with Crippen molar-refractivity contribution in [3.05, 3.63) is 58.5 Å². The Morgan fingerprint density at radius 2 is 2.29 bits per heavy atom. The molecule has 0 aliphatic heterocycles. The Labute approximate surface area is 127 Å². The number of rotatable bonds is 5. The van der Waals surface area contributed by atoms with Crippen molar-refractivity contribution in [3.63, 3.8) is 0 Å². The van der Waals surface area contributed by atoms with E-state index >= 15 is 0 Å². The molecule has 0 amide bonds. The van der Waals surface area contributed by atoms with Crippen molar-refractivity contribution < 1.29 is 4.42 Å². The first-order valence-electron chi connectivity index (χ1n) is 6.73. The lowest BCUT2D eigenvalue weighted by atomic mass is 10.1. The zero-order chi connectivity index (χ0) is 15.2. The summed E-state index contributed by atoms with van der Waals surface area (Å²) in [5.41, 5.74) is 8.13. The highest BCUT2D eigenvalue weighted by molar-refractivity contribution is 8.13. The average Bonchev–Trinajstić information content (AvgIpc) is 2.49. The molecule has 0 fully saturated rings. The largest absolute Gasteiger partial charge is 0.423 e. The quantitative estimate of drug-likeness (QED) is 0.399. The molecule has 21 heavy (non-hydrogen) atoms. The van der Waals surface area contributed by atoms with E-state index in [0.717, 1.165) is 22.9 Å². The zero-order valence-corrected chi connectivity index (χ0v) is 12.8. The number of nitrogens with two attached hydrogens (primary N) is 1. The molecule has 2 aromatic rings. The fourth-order valence-corrected chi connectivity index (χ4v) is 2.67. The van der Waals surface area contributed by atoms with Crippen molar-refractivity contribution >= 4 is 27.9 Å². The van der Waals surface area contributed by atoms with Crippen molar-refractivity contribution in [1.29, 1.82) is 0 Å². The van der Waals surface area contributed by atoms with Crippen LogP contribution in [0.15, 0.2) is 51.1 Å². The summed E-state index contributed by atoms with van der Waals surface area (Å²) in [7, 11) is 0. The van der Waals surface area contributed by atoms with E-state index in [4.69, 9.17) is 10.2 Å². The Kier molecular flexibility index (Phi) is 5.22. The molecule has 110 valence electrons. The molecule has 0 radical (unpaired) electrons. The van der Waals surface area contributed by atoms with E-state index in [9.17, 15) is 4.79 Å². The number of fused-ring (bicyclic) bond motifs is 1. The second-order valence-corrected chi connectivity index (χ2v) is 5.53. The predicted molar refractivity (Wildman–Crippen MR) is 89.8 cm³/mol. The maximum atomic E-state index is 11.7. The zero-order valence-electron chi connectivity index (χ0n) is 12.0. The summed E-state index contributed by atoms with van der Waals surface area (Å²) < 4.78 is 5.28. The number of aryl methyl sites for hydroxylation is 1. The van der Waals surface area contributed by atoms with Gasteiger partial charge in [-0.3, -0.25) is 4.99 Å². The van der Waals surface area contributed by atoms with Crippen LogP contribution in [0.25, 0.3) is 11.0 Å². The fourth-order valence-electron chi connectivity index (χ4n) is 1.97. The van der Waals surface area contributed by atoms with E-state index in [1.54, 1.807) is 6.08 Å². The van der Waals surface area contributed by atoms with Gasteiger partial charge in [0.15, 0.2) is 5.17 Å². The minimum absolute atomic E-state index is 0.340. The minimum atomic E-state index is -0.340. The standard InChI is InChI=1S/C16H18N2O2S/c1-3-7-18-16(17)21-10-12-9-15(19)20-14-8-11(4-2)5-6-13(12)14/h3,5-6,8-9H,1,4,7,10H2,2H3,(H2,17,18). The van der Waals surface area contributed by atoms with Crippen molar-refractivity contribution in [1.82, 2.24) is 0 Å². The Morgan fingerprint density at radius 1 is 1.48 bits per heavy atom. The normalized spacial score (nSPS) is 11.8. The van der Waals surface area contributed by atoms with Crippen LogP contribution in [0.3, 0.4) is 0 Å². The molecule has 0 unspecified atom stereocenters. The number of thioether (sulfide) groups is 1. The van der Waals surface area contributed by atoms with Crippen LogP contribution in [0.2, 0.25) is 0 Å². The first kappa shape index (κ1) is 15.4. The van der Waals surface area contributed by atoms with E-state index < -0.39 is 0 Å². The van der Waals surface area contributed by atoms with Crippen LogP contribution in [-0.2, 0) is 12.2 Å². The molecule has 2 rings (SSSR count). The van der Waals surface area contributed by atoms with Gasteiger partial charge in [0.25, 0.3) is 0 Å². The summed E-state index contributed by atoms with van der Waals surface area (Å²) in [6.07, 6.45) is 2.59. The molecular weight excluding hydrogens is 284 g/mol. The molecule has 0 saturated carbocycles. The Morgan fingerprint density at radius 3 is 3.00 bits per heavy atom. The SMILES string of the molecule is C=CCN=C(N)SCc1cc(=O)oc2cc(CC)ccc12. The Hall–Kier alpha value is -2.01. The fraction of sp³-hybridized carbons (Fsp3) is 0.250. The molecule has 0 atom stereocenters. The highest BCUT2D eigenvalue weighted by Gasteiger charge is 2.07. The average molecular weight is 302 g/mol. The van der Waals surface area contributed by atoms with Crippen LogP contribution >= 0.6 is 11.8 Å². The van der Waals surface area contributed by atoms with Crippen LogP contribution in [0.4, 0.5) is 0 Å². The van der Waals surface area contributed by atoms with E-state index in [-0.39, 0.29) is 5.63 Å². The van der Waals surface area contributed by atoms with Crippen LogP contribution in [0, 0.1) is 0 Å². The first-order valence-corrected chi connectivity index (χ1v) is 7.72. The maximum Gasteiger partial charge on any atom is 0.336 e. The number of hydrogen-bond acceptors (Lipinski definition) is 4. The van der Waals surface area contributed by atoms with Gasteiger partial charge in [0, 0.05) is 17.2 Å². The lowest BCUT2D eigenvalue weighted by Crippen LogP contribution is -2.08. The van der Waals surface area contributed by atoms with Gasteiger partial charge in [0.1, 0.15) is 5.58 Å². The summed E-state index contributed by atoms with van der Waals surface area (Å²) in [4.78, 5) is 15.8. The summed E-state index contributed by atoms with van der Waals surface area (Å²) in [6.45, 7) is 6.16. The van der Waals surface area contributed by atoms with E-state index in [2.05, 4.69) is 18.5 Å². The lowest BCUT2D eigenvalue weighted by Gasteiger charge is -2.06. The summed E-state index contributed by atoms with van der Waals surface area (Å²) in [6, 6.07) is 7.47. The third-order valence-corrected chi connectivity index (χ3v) is 3.93. The van der Waals surface area contributed by atoms with Gasteiger partial charge in [-0.25, -0.2) is 4.79 Å². The van der Waals surface area contributed by atoms with Crippen LogP contribution < -0.4 is 11.4 Å². The Bertz CT molecular complexity index is 735. The highest BCUT2D eigenvalue weighted by atomic mass is 32.2. The van der Waals surface area contributed by atoms with E-state index in [0.29, 0.717) is 23.0 Å². The highest BCUT2D eigenvalue weighted by Crippen LogP contribution is 2.22. The number of nitrogens with zero attached hydrogens (tertiary/aromatic N) is 1. The second kappa shape index (κ2) is 7.13. The maximum absolute atomic E-state index is 11.7. The molecule has 0 aliphatic carbocycles. The summed E-state index contributed by atoms with van der Waals surface area (Å²) >= 11 is 1.40. The third kappa shape index (κ3) is 3.98. The number of hydrogen-bond donors (Lipinski definition) is 1. The van der Waals surface area contributed by atoms with Gasteiger partial charge in [0.2, 0.25) is 0 Å². The van der Waals surface area contributed by atoms with Crippen molar-refractivity contribution in [2.24, 2.45) is 10.7 Å². The van der Waals surface area contributed by atoms with Gasteiger partial charge in [0.05, 0.1) is 6.54 Å². The van der Waals surface area contributed by atoms with Gasteiger partial charge in [-0.15, -0.1) is 6.58 Å². The van der Waals surface area contributed by atoms with Crippen LogP contribution in [-0.4, -0.2) is 11.7 Å². The first-order chi connectivity index (χ1) is 10.1. The topological polar surface area (TPSA) is 68.6 Å². The van der Waals surface area contributed by atoms with Gasteiger partial charge in [-0.1, -0.05) is 36.9 Å². The number of amidine groups is 1. The van der Waals surface area contributed by atoms with Gasteiger partial charge in [-0.05, 0) is 23.6 Å². The van der Waals surface area contributed by atoms with Gasteiger partial charge in [-0.2, -0.15) is 0 Å². The van der Waals surface area contributed by atoms with Crippen LogP contribution in [0.5, 0.6) is 0 Å². The molecule has 0 spiro atoms. The smallest absolute Gasteiger partial charge is 0.336 e. The minimum Gasteiger partial charge on any atom is -0.423 e. The molecule has 0 bridgehead atoms. The molecule has 2 N–H and O–H groups in total. The molecule has 4 nitrogen and oxygen atoms in total. The van der Waals surface area contributed by atoms with Gasteiger partial charge < -0.3 is 10.2 Å². The van der Waals surface area contributed by atoms with Crippen molar-refractivity contribution in [2.75, 3.05) is 6.54 Å². The molecule has 0 aliphatic rings. The molecule has 5 heteroatoms. The third-order valence-electron chi connectivity index (χ3n) is 3.05. The number of benzene rings is 1. The van der Waals surface area contributed by atoms with Crippen LogP contribution in [0.1, 0.15) is 18.1 Å². The molecule has 1 aromatic heterocycles.